The molecular formula is C24H35N3O4. The van der Waals surface area contributed by atoms with E-state index in [2.05, 4.69) is 29.3 Å². The number of anilines is 1. The molecule has 1 aliphatic heterocycles. The fourth-order valence-corrected chi connectivity index (χ4v) is 4.47. The Morgan fingerprint density at radius 2 is 1.97 bits per heavy atom. The molecule has 2 heterocycles. The smallest absolute Gasteiger partial charge is 0.290 e. The van der Waals surface area contributed by atoms with Crippen LogP contribution in [-0.2, 0) is 17.6 Å². The Morgan fingerprint density at radius 1 is 1.19 bits per heavy atom. The third-order valence-corrected chi connectivity index (χ3v) is 5.92. The van der Waals surface area contributed by atoms with Crippen molar-refractivity contribution in [3.8, 4) is 11.5 Å². The Kier molecular flexibility index (Phi) is 8.76. The van der Waals surface area contributed by atoms with Crippen molar-refractivity contribution in [2.45, 2.75) is 51.9 Å². The summed E-state index contributed by atoms with van der Waals surface area (Å²) in [6.45, 7) is 7.23. The van der Waals surface area contributed by atoms with Gasteiger partial charge in [-0.15, -0.1) is 0 Å². The van der Waals surface area contributed by atoms with Gasteiger partial charge in [-0.2, -0.15) is 0 Å². The summed E-state index contributed by atoms with van der Waals surface area (Å²) in [5.41, 5.74) is 4.89. The molecule has 31 heavy (non-hydrogen) atoms. The molecule has 0 saturated carbocycles. The average molecular weight is 430 g/mol. The first-order valence-electron chi connectivity index (χ1n) is 11.4. The number of carbonyl (C=O) groups is 1. The number of aryl methyl sites for hydroxylation is 1. The fourth-order valence-electron chi connectivity index (χ4n) is 4.47. The summed E-state index contributed by atoms with van der Waals surface area (Å²) in [5.74, 6) is 1.61. The highest BCUT2D eigenvalue weighted by atomic mass is 16.5. The molecule has 0 atom stereocenters. The zero-order chi connectivity index (χ0) is 22.1. The van der Waals surface area contributed by atoms with Crippen molar-refractivity contribution in [2.75, 3.05) is 45.2 Å². The summed E-state index contributed by atoms with van der Waals surface area (Å²) in [7, 11) is 1.72. The first kappa shape index (κ1) is 23.1. The quantitative estimate of drug-likeness (QED) is 0.458. The van der Waals surface area contributed by atoms with Crippen LogP contribution in [0.4, 0.5) is 5.69 Å². The van der Waals surface area contributed by atoms with Crippen molar-refractivity contribution in [3.63, 3.8) is 0 Å². The molecule has 1 saturated heterocycles. The van der Waals surface area contributed by atoms with Crippen LogP contribution in [0.5, 0.6) is 11.5 Å². The van der Waals surface area contributed by atoms with E-state index < -0.39 is 0 Å². The highest BCUT2D eigenvalue weighted by Crippen LogP contribution is 2.39. The molecule has 7 nitrogen and oxygen atoms in total. The molecule has 1 aliphatic carbocycles. The number of aromatic nitrogens is 1. The highest BCUT2D eigenvalue weighted by molar-refractivity contribution is 5.96. The lowest BCUT2D eigenvalue weighted by Gasteiger charge is -2.18. The number of nitrogens with zero attached hydrogens (tertiary/aromatic N) is 2. The van der Waals surface area contributed by atoms with Gasteiger partial charge in [-0.3, -0.25) is 9.78 Å². The maximum Gasteiger partial charge on any atom is 0.290 e. The largest absolute Gasteiger partial charge is 0.493 e. The van der Waals surface area contributed by atoms with Crippen LogP contribution >= 0.6 is 0 Å². The molecule has 1 fully saturated rings. The lowest BCUT2D eigenvalue weighted by atomic mass is 10.1. The molecule has 170 valence electrons. The van der Waals surface area contributed by atoms with Crippen molar-refractivity contribution >= 4 is 23.1 Å². The van der Waals surface area contributed by atoms with Gasteiger partial charge in [-0.25, -0.2) is 0 Å². The van der Waals surface area contributed by atoms with E-state index in [1.54, 1.807) is 7.11 Å². The van der Waals surface area contributed by atoms with E-state index in [-0.39, 0.29) is 6.47 Å². The van der Waals surface area contributed by atoms with Crippen molar-refractivity contribution in [1.82, 2.24) is 9.88 Å². The van der Waals surface area contributed by atoms with Gasteiger partial charge in [-0.1, -0.05) is 6.92 Å². The number of hydrogen-bond acceptors (Lipinski definition) is 6. The Hall–Kier alpha value is -2.54. The topological polar surface area (TPSA) is 83.9 Å². The Balaban J connectivity index is 0.000000858. The van der Waals surface area contributed by atoms with Crippen LogP contribution < -0.4 is 14.8 Å². The minimum absolute atomic E-state index is 0.250. The normalized spacial score (nSPS) is 15.3. The van der Waals surface area contributed by atoms with Gasteiger partial charge in [0.25, 0.3) is 6.47 Å². The second-order valence-corrected chi connectivity index (χ2v) is 8.07. The Morgan fingerprint density at radius 3 is 2.68 bits per heavy atom. The number of methoxy groups -OCH3 is 1. The second-order valence-electron chi connectivity index (χ2n) is 8.07. The highest BCUT2D eigenvalue weighted by Gasteiger charge is 2.21. The second kappa shape index (κ2) is 11.7. The molecule has 0 amide bonds. The van der Waals surface area contributed by atoms with E-state index in [1.165, 1.54) is 49.3 Å². The predicted molar refractivity (Wildman–Crippen MR) is 124 cm³/mol. The van der Waals surface area contributed by atoms with Crippen LogP contribution in [0.15, 0.2) is 12.1 Å². The standard InChI is InChI=1S/C23H33N3O2.CH2O2/c1-3-10-24-23-17-8-6-9-19(17)25-20-16-22(21(27-2)15-18(20)23)28-14-7-13-26-11-4-5-12-26;2-1-3/h15-16H,3-14H2,1-2H3,(H,24,25);1H,(H,2,3). The lowest BCUT2D eigenvalue weighted by molar-refractivity contribution is -0.122. The third kappa shape index (κ3) is 5.79. The minimum atomic E-state index is -0.250. The molecule has 1 aromatic carbocycles. The maximum atomic E-state index is 8.36. The first-order valence-corrected chi connectivity index (χ1v) is 11.4. The summed E-state index contributed by atoms with van der Waals surface area (Å²) in [5, 5.41) is 11.7. The van der Waals surface area contributed by atoms with Crippen LogP contribution in [0, 0.1) is 0 Å². The fraction of sp³-hybridized carbons (Fsp3) is 0.583. The summed E-state index contributed by atoms with van der Waals surface area (Å²) in [4.78, 5) is 15.9. The van der Waals surface area contributed by atoms with Gasteiger partial charge in [0.05, 0.1) is 19.2 Å². The van der Waals surface area contributed by atoms with Crippen molar-refractivity contribution in [3.05, 3.63) is 23.4 Å². The van der Waals surface area contributed by atoms with Crippen LogP contribution in [-0.4, -0.2) is 61.4 Å². The van der Waals surface area contributed by atoms with Crippen LogP contribution in [0.2, 0.25) is 0 Å². The molecule has 4 rings (SSSR count). The Labute approximate surface area is 184 Å². The van der Waals surface area contributed by atoms with Gasteiger partial charge in [0.1, 0.15) is 0 Å². The van der Waals surface area contributed by atoms with E-state index in [1.807, 2.05) is 0 Å². The monoisotopic (exact) mass is 429 g/mol. The van der Waals surface area contributed by atoms with Gasteiger partial charge in [0, 0.05) is 35.9 Å². The molecule has 0 radical (unpaired) electrons. The van der Waals surface area contributed by atoms with Gasteiger partial charge in [0.2, 0.25) is 0 Å². The molecule has 2 aromatic rings. The number of nitrogens with one attached hydrogen (secondary N) is 1. The van der Waals surface area contributed by atoms with Crippen molar-refractivity contribution < 1.29 is 19.4 Å². The van der Waals surface area contributed by atoms with Crippen LogP contribution in [0.3, 0.4) is 0 Å². The van der Waals surface area contributed by atoms with Gasteiger partial charge < -0.3 is 24.8 Å². The van der Waals surface area contributed by atoms with E-state index in [4.69, 9.17) is 24.4 Å². The number of benzene rings is 1. The Bertz CT molecular complexity index is 866. The molecule has 0 spiro atoms. The SMILES string of the molecule is CCCNc1c2c(nc3cc(OCCCN4CCCC4)c(OC)cc13)CCC2.O=CO. The predicted octanol–water partition coefficient (Wildman–Crippen LogP) is 4.12. The molecule has 0 bridgehead atoms. The van der Waals surface area contributed by atoms with E-state index >= 15 is 0 Å². The van der Waals surface area contributed by atoms with E-state index in [0.29, 0.717) is 6.61 Å². The van der Waals surface area contributed by atoms with Gasteiger partial charge in [-0.05, 0) is 69.7 Å². The first-order chi connectivity index (χ1) is 15.2. The molecule has 7 heteroatoms. The average Bonchev–Trinajstić information content (AvgIpc) is 3.46. The molecule has 1 aromatic heterocycles. The van der Waals surface area contributed by atoms with Gasteiger partial charge >= 0.3 is 0 Å². The zero-order valence-corrected chi connectivity index (χ0v) is 18.8. The summed E-state index contributed by atoms with van der Waals surface area (Å²) < 4.78 is 11.8. The third-order valence-electron chi connectivity index (χ3n) is 5.92. The van der Waals surface area contributed by atoms with E-state index in [9.17, 15) is 0 Å². The molecular weight excluding hydrogens is 394 g/mol. The number of rotatable bonds is 9. The molecule has 2 aliphatic rings. The summed E-state index contributed by atoms with van der Waals surface area (Å²) >= 11 is 0. The molecule has 0 unspecified atom stereocenters. The number of carboxylic acid groups (broad SMARTS) is 1. The number of pyridine rings is 1. The van der Waals surface area contributed by atoms with Crippen LogP contribution in [0.25, 0.3) is 10.9 Å². The number of fused-ring (bicyclic) bond motifs is 2. The van der Waals surface area contributed by atoms with Crippen LogP contribution in [0.1, 0.15) is 50.3 Å². The summed E-state index contributed by atoms with van der Waals surface area (Å²) in [6.07, 6.45) is 8.20. The maximum absolute atomic E-state index is 8.36. The minimum Gasteiger partial charge on any atom is -0.493 e. The number of ether oxygens (including phenoxy) is 2. The van der Waals surface area contributed by atoms with Crippen molar-refractivity contribution in [2.24, 2.45) is 0 Å². The summed E-state index contributed by atoms with van der Waals surface area (Å²) in [6, 6.07) is 4.18. The number of hydrogen-bond donors (Lipinski definition) is 2. The lowest BCUT2D eigenvalue weighted by Crippen LogP contribution is -2.21. The van der Waals surface area contributed by atoms with Crippen molar-refractivity contribution in [1.29, 1.82) is 0 Å². The van der Waals surface area contributed by atoms with Gasteiger partial charge in [0.15, 0.2) is 11.5 Å². The molecule has 2 N–H and O–H groups in total. The van der Waals surface area contributed by atoms with E-state index in [0.717, 1.165) is 61.2 Å². The number of likely N-dealkylation sites (tertiary alicyclic amines) is 1. The zero-order valence-electron chi connectivity index (χ0n) is 18.8.